The minimum absolute atomic E-state index is 0.174. The molecule has 0 bridgehead atoms. The zero-order chi connectivity index (χ0) is 13.3. The van der Waals surface area contributed by atoms with Crippen LogP contribution in [-0.4, -0.2) is 5.78 Å². The van der Waals surface area contributed by atoms with Crippen molar-refractivity contribution in [2.75, 3.05) is 0 Å². The van der Waals surface area contributed by atoms with Crippen LogP contribution in [0.4, 0.5) is 4.39 Å². The largest absolute Gasteiger partial charge is 0.289 e. The second-order valence-electron chi connectivity index (χ2n) is 3.56. The maximum absolute atomic E-state index is 13.4. The van der Waals surface area contributed by atoms with Crippen molar-refractivity contribution in [2.24, 2.45) is 0 Å². The van der Waals surface area contributed by atoms with Gasteiger partial charge in [0.25, 0.3) is 0 Å². The third kappa shape index (κ3) is 2.58. The molecule has 5 heteroatoms. The standard InChI is InChI=1S/C13H6BrCl2FO/c14-9-5-4-7(6-11(9)17)13(18)8-2-1-3-10(15)12(8)16/h1-6H. The summed E-state index contributed by atoms with van der Waals surface area (Å²) in [5.74, 6) is -0.868. The highest BCUT2D eigenvalue weighted by Gasteiger charge is 2.15. The minimum atomic E-state index is -0.501. The van der Waals surface area contributed by atoms with Gasteiger partial charge in [0.15, 0.2) is 5.78 Å². The van der Waals surface area contributed by atoms with Gasteiger partial charge in [0, 0.05) is 11.1 Å². The molecule has 0 radical (unpaired) electrons. The van der Waals surface area contributed by atoms with Gasteiger partial charge in [-0.25, -0.2) is 4.39 Å². The van der Waals surface area contributed by atoms with Crippen LogP contribution < -0.4 is 0 Å². The lowest BCUT2D eigenvalue weighted by atomic mass is 10.0. The van der Waals surface area contributed by atoms with Crippen molar-refractivity contribution in [3.8, 4) is 0 Å². The average Bonchev–Trinajstić information content (AvgIpc) is 2.35. The van der Waals surface area contributed by atoms with E-state index in [9.17, 15) is 9.18 Å². The van der Waals surface area contributed by atoms with Crippen molar-refractivity contribution in [2.45, 2.75) is 0 Å². The summed E-state index contributed by atoms with van der Waals surface area (Å²) in [6.07, 6.45) is 0. The van der Waals surface area contributed by atoms with Crippen LogP contribution in [0.2, 0.25) is 10.0 Å². The van der Waals surface area contributed by atoms with E-state index < -0.39 is 5.82 Å². The molecular weight excluding hydrogens is 342 g/mol. The first-order chi connectivity index (χ1) is 8.50. The normalized spacial score (nSPS) is 10.4. The number of carbonyl (C=O) groups is 1. The molecule has 0 atom stereocenters. The molecule has 0 saturated carbocycles. The molecule has 0 N–H and O–H groups in total. The number of carbonyl (C=O) groups excluding carboxylic acids is 1. The maximum atomic E-state index is 13.4. The molecule has 0 aliphatic rings. The van der Waals surface area contributed by atoms with Crippen molar-refractivity contribution in [3.63, 3.8) is 0 Å². The van der Waals surface area contributed by atoms with Gasteiger partial charge in [0.2, 0.25) is 0 Å². The van der Waals surface area contributed by atoms with E-state index in [0.29, 0.717) is 9.50 Å². The highest BCUT2D eigenvalue weighted by Crippen LogP contribution is 2.28. The van der Waals surface area contributed by atoms with Crippen LogP contribution in [0.3, 0.4) is 0 Å². The lowest BCUT2D eigenvalue weighted by Crippen LogP contribution is -2.03. The third-order valence-electron chi connectivity index (χ3n) is 2.38. The Bertz CT molecular complexity index is 628. The summed E-state index contributed by atoms with van der Waals surface area (Å²) in [4.78, 5) is 12.2. The zero-order valence-corrected chi connectivity index (χ0v) is 12.0. The molecular formula is C13H6BrCl2FO. The number of rotatable bonds is 2. The molecule has 0 aliphatic carbocycles. The Morgan fingerprint density at radius 2 is 1.89 bits per heavy atom. The molecule has 1 nitrogen and oxygen atoms in total. The van der Waals surface area contributed by atoms with Crippen molar-refractivity contribution in [1.82, 2.24) is 0 Å². The molecule has 2 rings (SSSR count). The molecule has 2 aromatic rings. The fourth-order valence-corrected chi connectivity index (χ4v) is 2.11. The molecule has 0 spiro atoms. The lowest BCUT2D eigenvalue weighted by molar-refractivity contribution is 0.103. The quantitative estimate of drug-likeness (QED) is 0.688. The first-order valence-electron chi connectivity index (χ1n) is 4.94. The smallest absolute Gasteiger partial charge is 0.194 e. The van der Waals surface area contributed by atoms with Gasteiger partial charge >= 0.3 is 0 Å². The summed E-state index contributed by atoms with van der Waals surface area (Å²) in [6.45, 7) is 0. The molecule has 0 amide bonds. The van der Waals surface area contributed by atoms with E-state index >= 15 is 0 Å². The molecule has 0 fully saturated rings. The van der Waals surface area contributed by atoms with Gasteiger partial charge in [0.05, 0.1) is 14.5 Å². The summed E-state index contributed by atoms with van der Waals surface area (Å²) in [5.41, 5.74) is 0.478. The van der Waals surface area contributed by atoms with Crippen LogP contribution in [0.25, 0.3) is 0 Å². The molecule has 0 unspecified atom stereocenters. The number of ketones is 1. The Morgan fingerprint density at radius 3 is 2.56 bits per heavy atom. The minimum Gasteiger partial charge on any atom is -0.289 e. The summed E-state index contributed by atoms with van der Waals surface area (Å²) in [6, 6.07) is 8.91. The first kappa shape index (κ1) is 13.5. The summed E-state index contributed by atoms with van der Waals surface area (Å²) < 4.78 is 13.7. The van der Waals surface area contributed by atoms with Crippen LogP contribution in [0, 0.1) is 5.82 Å². The van der Waals surface area contributed by atoms with E-state index in [1.54, 1.807) is 18.2 Å². The summed E-state index contributed by atoms with van der Waals surface area (Å²) in [5, 5.41) is 0.465. The highest BCUT2D eigenvalue weighted by atomic mass is 79.9. The van der Waals surface area contributed by atoms with Gasteiger partial charge in [-0.05, 0) is 46.3 Å². The van der Waals surface area contributed by atoms with Gasteiger partial charge in [-0.15, -0.1) is 0 Å². The van der Waals surface area contributed by atoms with E-state index in [0.717, 1.165) is 6.07 Å². The van der Waals surface area contributed by atoms with E-state index in [2.05, 4.69) is 15.9 Å². The number of hydrogen-bond acceptors (Lipinski definition) is 1. The van der Waals surface area contributed by atoms with Crippen LogP contribution in [0.15, 0.2) is 40.9 Å². The Labute approximate surface area is 122 Å². The van der Waals surface area contributed by atoms with E-state index in [4.69, 9.17) is 23.2 Å². The predicted molar refractivity (Wildman–Crippen MR) is 74.0 cm³/mol. The number of halogens is 4. The van der Waals surface area contributed by atoms with Crippen LogP contribution in [-0.2, 0) is 0 Å². The Morgan fingerprint density at radius 1 is 1.17 bits per heavy atom. The average molecular weight is 348 g/mol. The topological polar surface area (TPSA) is 17.1 Å². The molecule has 0 saturated heterocycles. The molecule has 0 aliphatic heterocycles. The molecule has 2 aromatic carbocycles. The summed E-state index contributed by atoms with van der Waals surface area (Å²) in [7, 11) is 0. The van der Waals surface area contributed by atoms with Gasteiger partial charge in [0.1, 0.15) is 5.82 Å². The Hall–Kier alpha value is -0.900. The predicted octanol–water partition coefficient (Wildman–Crippen LogP) is 5.13. The second kappa shape index (κ2) is 5.39. The van der Waals surface area contributed by atoms with Crippen LogP contribution >= 0.6 is 39.1 Å². The van der Waals surface area contributed by atoms with Gasteiger partial charge < -0.3 is 0 Å². The van der Waals surface area contributed by atoms with Crippen molar-refractivity contribution in [3.05, 3.63) is 67.9 Å². The van der Waals surface area contributed by atoms with Gasteiger partial charge in [-0.2, -0.15) is 0 Å². The molecule has 18 heavy (non-hydrogen) atoms. The van der Waals surface area contributed by atoms with Crippen LogP contribution in [0.1, 0.15) is 15.9 Å². The SMILES string of the molecule is O=C(c1ccc(Br)c(F)c1)c1cccc(Cl)c1Cl. The van der Waals surface area contributed by atoms with E-state index in [-0.39, 0.29) is 21.9 Å². The number of hydrogen-bond donors (Lipinski definition) is 0. The Kier molecular flexibility index (Phi) is 4.05. The second-order valence-corrected chi connectivity index (χ2v) is 5.20. The molecule has 0 aromatic heterocycles. The first-order valence-corrected chi connectivity index (χ1v) is 6.49. The summed E-state index contributed by atoms with van der Waals surface area (Å²) >= 11 is 14.8. The third-order valence-corrected chi connectivity index (χ3v) is 3.84. The fourth-order valence-electron chi connectivity index (χ4n) is 1.47. The van der Waals surface area contributed by atoms with Gasteiger partial charge in [-0.1, -0.05) is 29.3 Å². The lowest BCUT2D eigenvalue weighted by Gasteiger charge is -2.05. The maximum Gasteiger partial charge on any atom is 0.194 e. The zero-order valence-electron chi connectivity index (χ0n) is 8.88. The molecule has 92 valence electrons. The monoisotopic (exact) mass is 346 g/mol. The fraction of sp³-hybridized carbons (Fsp3) is 0. The van der Waals surface area contributed by atoms with Gasteiger partial charge in [-0.3, -0.25) is 4.79 Å². The van der Waals surface area contributed by atoms with Crippen molar-refractivity contribution in [1.29, 1.82) is 0 Å². The van der Waals surface area contributed by atoms with E-state index in [1.165, 1.54) is 12.1 Å². The number of benzene rings is 2. The molecule has 0 heterocycles. The highest BCUT2D eigenvalue weighted by molar-refractivity contribution is 9.10. The Balaban J connectivity index is 2.48. The van der Waals surface area contributed by atoms with E-state index in [1.807, 2.05) is 0 Å². The van der Waals surface area contributed by atoms with Crippen LogP contribution in [0.5, 0.6) is 0 Å². The van der Waals surface area contributed by atoms with Crippen molar-refractivity contribution >= 4 is 44.9 Å². The van der Waals surface area contributed by atoms with Crippen molar-refractivity contribution < 1.29 is 9.18 Å².